The zero-order chi connectivity index (χ0) is 11.4. The maximum Gasteiger partial charge on any atom is 0.314 e. The van der Waals surface area contributed by atoms with E-state index in [0.29, 0.717) is 6.04 Å². The summed E-state index contributed by atoms with van der Waals surface area (Å²) in [6, 6.07) is 0.165. The molecular formula is C10H20N4O2. The van der Waals surface area contributed by atoms with Crippen LogP contribution in [0.2, 0.25) is 0 Å². The number of rotatable bonds is 2. The van der Waals surface area contributed by atoms with Crippen molar-refractivity contribution in [3.63, 3.8) is 0 Å². The molecule has 2 aliphatic heterocycles. The molecule has 2 aliphatic rings. The van der Waals surface area contributed by atoms with E-state index in [1.807, 2.05) is 0 Å². The van der Waals surface area contributed by atoms with Gasteiger partial charge in [0.15, 0.2) is 0 Å². The number of primary amides is 1. The van der Waals surface area contributed by atoms with Gasteiger partial charge in [0, 0.05) is 32.2 Å². The molecule has 0 saturated carbocycles. The fourth-order valence-corrected chi connectivity index (χ4v) is 2.18. The maximum absolute atomic E-state index is 11.0. The third kappa shape index (κ3) is 3.07. The Morgan fingerprint density at radius 3 is 2.38 bits per heavy atom. The van der Waals surface area contributed by atoms with E-state index in [4.69, 9.17) is 10.5 Å². The van der Waals surface area contributed by atoms with Crippen molar-refractivity contribution < 1.29 is 9.53 Å². The molecule has 0 unspecified atom stereocenters. The summed E-state index contributed by atoms with van der Waals surface area (Å²) in [5, 5.41) is 2.22. The van der Waals surface area contributed by atoms with Crippen LogP contribution in [0.4, 0.5) is 4.79 Å². The zero-order valence-corrected chi connectivity index (χ0v) is 9.52. The Labute approximate surface area is 95.7 Å². The maximum atomic E-state index is 11.0. The number of morpholine rings is 1. The summed E-state index contributed by atoms with van der Waals surface area (Å²) >= 11 is 0. The van der Waals surface area contributed by atoms with Gasteiger partial charge in [-0.05, 0) is 12.8 Å². The number of nitrogens with two attached hydrogens (primary N) is 1. The molecule has 0 aromatic heterocycles. The van der Waals surface area contributed by atoms with Crippen molar-refractivity contribution in [2.45, 2.75) is 18.9 Å². The molecule has 0 radical (unpaired) electrons. The minimum atomic E-state index is -0.301. The van der Waals surface area contributed by atoms with Gasteiger partial charge in [-0.15, -0.1) is 0 Å². The highest BCUT2D eigenvalue weighted by molar-refractivity contribution is 5.72. The summed E-state index contributed by atoms with van der Waals surface area (Å²) in [5.41, 5.74) is 8.73. The largest absolute Gasteiger partial charge is 0.379 e. The molecule has 2 fully saturated rings. The number of piperidine rings is 1. The molecule has 0 atom stereocenters. The summed E-state index contributed by atoms with van der Waals surface area (Å²) in [7, 11) is 0. The van der Waals surface area contributed by atoms with Crippen molar-refractivity contribution in [2.75, 3.05) is 39.4 Å². The number of hydrogen-bond donors (Lipinski definition) is 2. The number of nitrogens with zero attached hydrogens (tertiary/aromatic N) is 2. The predicted octanol–water partition coefficient (Wildman–Crippen LogP) is -0.634. The topological polar surface area (TPSA) is 70.8 Å². The molecule has 0 aromatic carbocycles. The number of hydrogen-bond acceptors (Lipinski definition) is 4. The van der Waals surface area contributed by atoms with Crippen LogP contribution in [0.3, 0.4) is 0 Å². The lowest BCUT2D eigenvalue weighted by atomic mass is 10.1. The number of carbonyl (C=O) groups is 1. The average Bonchev–Trinajstić information content (AvgIpc) is 2.31. The minimum Gasteiger partial charge on any atom is -0.379 e. The fraction of sp³-hybridized carbons (Fsp3) is 0.900. The van der Waals surface area contributed by atoms with Gasteiger partial charge in [-0.25, -0.2) is 9.80 Å². The minimum absolute atomic E-state index is 0.301. The first-order valence-electron chi connectivity index (χ1n) is 5.89. The Kier molecular flexibility index (Phi) is 3.98. The Balaban J connectivity index is 1.70. The number of likely N-dealkylation sites (tertiary alicyclic amines) is 1. The van der Waals surface area contributed by atoms with E-state index >= 15 is 0 Å². The van der Waals surface area contributed by atoms with Crippen molar-refractivity contribution in [3.05, 3.63) is 0 Å². The molecule has 2 rings (SSSR count). The lowest BCUT2D eigenvalue weighted by Crippen LogP contribution is -2.54. The molecule has 0 aliphatic carbocycles. The van der Waals surface area contributed by atoms with Gasteiger partial charge in [0.2, 0.25) is 0 Å². The summed E-state index contributed by atoms with van der Waals surface area (Å²) < 4.78 is 5.29. The van der Waals surface area contributed by atoms with E-state index in [1.165, 1.54) is 0 Å². The van der Waals surface area contributed by atoms with Gasteiger partial charge in [-0.1, -0.05) is 0 Å². The number of nitrogens with one attached hydrogen (secondary N) is 1. The molecule has 0 bridgehead atoms. The normalized spacial score (nSPS) is 24.6. The van der Waals surface area contributed by atoms with E-state index in [9.17, 15) is 4.79 Å². The first kappa shape index (κ1) is 11.6. The molecule has 0 spiro atoms. The monoisotopic (exact) mass is 228 g/mol. The number of urea groups is 1. The standard InChI is InChI=1S/C10H20N4O2/c11-10(15)13-3-1-9(2-4-13)12-14-5-7-16-8-6-14/h9,12H,1-8H2,(H2,11,15). The zero-order valence-electron chi connectivity index (χ0n) is 9.52. The fourth-order valence-electron chi connectivity index (χ4n) is 2.18. The molecular weight excluding hydrogens is 208 g/mol. The summed E-state index contributed by atoms with van der Waals surface area (Å²) in [5.74, 6) is 0. The molecule has 6 nitrogen and oxygen atoms in total. The van der Waals surface area contributed by atoms with E-state index in [0.717, 1.165) is 52.2 Å². The van der Waals surface area contributed by atoms with Gasteiger partial charge in [-0.3, -0.25) is 5.43 Å². The first-order valence-corrected chi connectivity index (χ1v) is 5.89. The quantitative estimate of drug-likeness (QED) is 0.660. The van der Waals surface area contributed by atoms with Crippen molar-refractivity contribution >= 4 is 6.03 Å². The SMILES string of the molecule is NC(=O)N1CCC(NN2CCOCC2)CC1. The highest BCUT2D eigenvalue weighted by Gasteiger charge is 2.23. The van der Waals surface area contributed by atoms with Gasteiger partial charge in [0.1, 0.15) is 0 Å². The van der Waals surface area contributed by atoms with Crippen LogP contribution < -0.4 is 11.2 Å². The van der Waals surface area contributed by atoms with Crippen molar-refractivity contribution in [1.82, 2.24) is 15.3 Å². The van der Waals surface area contributed by atoms with Gasteiger partial charge in [-0.2, -0.15) is 0 Å². The van der Waals surface area contributed by atoms with E-state index < -0.39 is 0 Å². The van der Waals surface area contributed by atoms with Crippen LogP contribution in [0.5, 0.6) is 0 Å². The Bertz CT molecular complexity index is 235. The van der Waals surface area contributed by atoms with Crippen LogP contribution in [-0.4, -0.2) is 61.4 Å². The molecule has 6 heteroatoms. The summed E-state index contributed by atoms with van der Waals surface area (Å²) in [6.45, 7) is 5.00. The number of ether oxygens (including phenoxy) is 1. The molecule has 92 valence electrons. The van der Waals surface area contributed by atoms with Gasteiger partial charge < -0.3 is 15.4 Å². The van der Waals surface area contributed by atoms with Crippen molar-refractivity contribution in [1.29, 1.82) is 0 Å². The Hall–Kier alpha value is -0.850. The molecule has 3 N–H and O–H groups in total. The third-order valence-electron chi connectivity index (χ3n) is 3.18. The number of hydrazine groups is 1. The van der Waals surface area contributed by atoms with Crippen LogP contribution in [0.25, 0.3) is 0 Å². The summed E-state index contributed by atoms with van der Waals surface area (Å²) in [6.07, 6.45) is 1.95. The summed E-state index contributed by atoms with van der Waals surface area (Å²) in [4.78, 5) is 12.7. The van der Waals surface area contributed by atoms with Crippen LogP contribution >= 0.6 is 0 Å². The van der Waals surface area contributed by atoms with E-state index in [1.54, 1.807) is 4.90 Å². The molecule has 2 amide bonds. The number of carbonyl (C=O) groups excluding carboxylic acids is 1. The lowest BCUT2D eigenvalue weighted by Gasteiger charge is -2.36. The van der Waals surface area contributed by atoms with Crippen molar-refractivity contribution in [2.24, 2.45) is 5.73 Å². The van der Waals surface area contributed by atoms with Crippen LogP contribution in [0.15, 0.2) is 0 Å². The van der Waals surface area contributed by atoms with Crippen LogP contribution in [0, 0.1) is 0 Å². The van der Waals surface area contributed by atoms with Crippen LogP contribution in [0.1, 0.15) is 12.8 Å². The number of amides is 2. The predicted molar refractivity (Wildman–Crippen MR) is 59.7 cm³/mol. The van der Waals surface area contributed by atoms with Gasteiger partial charge in [0.05, 0.1) is 13.2 Å². The molecule has 2 heterocycles. The molecule has 0 aromatic rings. The van der Waals surface area contributed by atoms with E-state index in [-0.39, 0.29) is 6.03 Å². The highest BCUT2D eigenvalue weighted by atomic mass is 16.5. The average molecular weight is 228 g/mol. The van der Waals surface area contributed by atoms with Gasteiger partial charge in [0.25, 0.3) is 0 Å². The Morgan fingerprint density at radius 2 is 1.81 bits per heavy atom. The third-order valence-corrected chi connectivity index (χ3v) is 3.18. The first-order chi connectivity index (χ1) is 7.75. The Morgan fingerprint density at radius 1 is 1.19 bits per heavy atom. The second-order valence-corrected chi connectivity index (χ2v) is 4.33. The second-order valence-electron chi connectivity index (χ2n) is 4.33. The van der Waals surface area contributed by atoms with Crippen LogP contribution in [-0.2, 0) is 4.74 Å². The molecule has 2 saturated heterocycles. The second kappa shape index (κ2) is 5.47. The molecule has 16 heavy (non-hydrogen) atoms. The lowest BCUT2D eigenvalue weighted by molar-refractivity contribution is -0.00137. The highest BCUT2D eigenvalue weighted by Crippen LogP contribution is 2.10. The van der Waals surface area contributed by atoms with Crippen molar-refractivity contribution in [3.8, 4) is 0 Å². The van der Waals surface area contributed by atoms with Gasteiger partial charge >= 0.3 is 6.03 Å². The van der Waals surface area contributed by atoms with E-state index in [2.05, 4.69) is 10.4 Å². The smallest absolute Gasteiger partial charge is 0.314 e.